The highest BCUT2D eigenvalue weighted by molar-refractivity contribution is 5.78. The quantitative estimate of drug-likeness (QED) is 0.799. The minimum atomic E-state index is -0.543. The minimum absolute atomic E-state index is 0.193. The fraction of sp³-hybridized carbons (Fsp3) is 0.455. The first-order chi connectivity index (χ1) is 7.02. The second kappa shape index (κ2) is 4.77. The third-order valence-corrected chi connectivity index (χ3v) is 2.21. The third kappa shape index (κ3) is 2.94. The van der Waals surface area contributed by atoms with Crippen molar-refractivity contribution in [3.8, 4) is 0 Å². The highest BCUT2D eigenvalue weighted by Crippen LogP contribution is 2.14. The van der Waals surface area contributed by atoms with E-state index in [-0.39, 0.29) is 5.56 Å². The van der Waals surface area contributed by atoms with E-state index in [0.717, 1.165) is 0 Å². The van der Waals surface area contributed by atoms with Gasteiger partial charge in [0.2, 0.25) is 5.91 Å². The van der Waals surface area contributed by atoms with Gasteiger partial charge in [0.25, 0.3) is 5.56 Å². The summed E-state index contributed by atoms with van der Waals surface area (Å²) in [4.78, 5) is 22.8. The molecule has 0 aromatic carbocycles. The predicted octanol–water partition coefficient (Wildman–Crippen LogP) is 0.921. The number of aromatic nitrogens is 1. The van der Waals surface area contributed by atoms with E-state index in [0.29, 0.717) is 12.3 Å². The number of nitrogens with two attached hydrogens (primary N) is 1. The number of carbonyl (C=O) groups is 1. The van der Waals surface area contributed by atoms with Crippen molar-refractivity contribution >= 4 is 5.91 Å². The van der Waals surface area contributed by atoms with Crippen LogP contribution in [0.15, 0.2) is 29.2 Å². The van der Waals surface area contributed by atoms with Gasteiger partial charge in [0.15, 0.2) is 0 Å². The molecule has 0 saturated carbocycles. The van der Waals surface area contributed by atoms with Gasteiger partial charge in [-0.05, 0) is 18.4 Å². The Labute approximate surface area is 88.7 Å². The SMILES string of the molecule is CC(C)CC(C(N)=O)n1ccccc1=O. The average Bonchev–Trinajstić information content (AvgIpc) is 2.15. The van der Waals surface area contributed by atoms with E-state index < -0.39 is 11.9 Å². The summed E-state index contributed by atoms with van der Waals surface area (Å²) in [6.45, 7) is 3.98. The number of carbonyl (C=O) groups excluding carboxylic acids is 1. The van der Waals surface area contributed by atoms with Gasteiger partial charge in [-0.2, -0.15) is 0 Å². The summed E-state index contributed by atoms with van der Waals surface area (Å²) in [6.07, 6.45) is 2.18. The molecule has 1 atom stereocenters. The Balaban J connectivity index is 3.05. The fourth-order valence-electron chi connectivity index (χ4n) is 1.51. The van der Waals surface area contributed by atoms with E-state index >= 15 is 0 Å². The van der Waals surface area contributed by atoms with E-state index in [1.54, 1.807) is 18.3 Å². The normalized spacial score (nSPS) is 12.7. The van der Waals surface area contributed by atoms with Crippen LogP contribution >= 0.6 is 0 Å². The summed E-state index contributed by atoms with van der Waals surface area (Å²) in [5, 5.41) is 0. The molecule has 2 N–H and O–H groups in total. The van der Waals surface area contributed by atoms with E-state index in [9.17, 15) is 9.59 Å². The number of rotatable bonds is 4. The number of primary amides is 1. The largest absolute Gasteiger partial charge is 0.368 e. The number of amides is 1. The first-order valence-electron chi connectivity index (χ1n) is 4.99. The van der Waals surface area contributed by atoms with Crippen LogP contribution in [0.2, 0.25) is 0 Å². The van der Waals surface area contributed by atoms with E-state index in [1.807, 2.05) is 13.8 Å². The van der Waals surface area contributed by atoms with Gasteiger partial charge < -0.3 is 10.3 Å². The molecule has 0 aliphatic rings. The maximum Gasteiger partial charge on any atom is 0.251 e. The zero-order valence-corrected chi connectivity index (χ0v) is 9.01. The molecule has 1 heterocycles. The lowest BCUT2D eigenvalue weighted by Gasteiger charge is -2.17. The van der Waals surface area contributed by atoms with Crippen LogP contribution in [0.3, 0.4) is 0 Å². The number of hydrogen-bond acceptors (Lipinski definition) is 2. The molecule has 1 aromatic heterocycles. The Hall–Kier alpha value is -1.58. The van der Waals surface area contributed by atoms with Crippen molar-refractivity contribution in [3.05, 3.63) is 34.7 Å². The maximum atomic E-state index is 11.5. The highest BCUT2D eigenvalue weighted by atomic mass is 16.2. The highest BCUT2D eigenvalue weighted by Gasteiger charge is 2.19. The molecule has 0 radical (unpaired) electrons. The molecule has 0 fully saturated rings. The molecule has 1 unspecified atom stereocenters. The van der Waals surface area contributed by atoms with Gasteiger partial charge in [0.05, 0.1) is 0 Å². The van der Waals surface area contributed by atoms with Gasteiger partial charge in [0, 0.05) is 12.3 Å². The molecule has 0 aliphatic carbocycles. The van der Waals surface area contributed by atoms with Crippen LogP contribution in [-0.2, 0) is 4.79 Å². The van der Waals surface area contributed by atoms with Gasteiger partial charge in [-0.25, -0.2) is 0 Å². The van der Waals surface area contributed by atoms with Crippen LogP contribution in [0.4, 0.5) is 0 Å². The lowest BCUT2D eigenvalue weighted by atomic mass is 10.0. The van der Waals surface area contributed by atoms with Crippen molar-refractivity contribution < 1.29 is 4.79 Å². The van der Waals surface area contributed by atoms with E-state index in [1.165, 1.54) is 10.6 Å². The molecule has 1 rings (SSSR count). The fourth-order valence-corrected chi connectivity index (χ4v) is 1.51. The zero-order chi connectivity index (χ0) is 11.4. The second-order valence-corrected chi connectivity index (χ2v) is 3.99. The lowest BCUT2D eigenvalue weighted by Crippen LogP contribution is -2.33. The average molecular weight is 208 g/mol. The van der Waals surface area contributed by atoms with Crippen LogP contribution in [0.5, 0.6) is 0 Å². The van der Waals surface area contributed by atoms with Crippen LogP contribution < -0.4 is 11.3 Å². The third-order valence-electron chi connectivity index (χ3n) is 2.21. The number of nitrogens with zero attached hydrogens (tertiary/aromatic N) is 1. The van der Waals surface area contributed by atoms with Crippen LogP contribution in [0, 0.1) is 5.92 Å². The molecule has 15 heavy (non-hydrogen) atoms. The molecular weight excluding hydrogens is 192 g/mol. The molecule has 4 nitrogen and oxygen atoms in total. The summed E-state index contributed by atoms with van der Waals surface area (Å²) in [6, 6.07) is 4.25. The first kappa shape index (κ1) is 11.5. The molecule has 1 amide bonds. The van der Waals surface area contributed by atoms with Crippen LogP contribution in [-0.4, -0.2) is 10.5 Å². The Kier molecular flexibility index (Phi) is 3.66. The van der Waals surface area contributed by atoms with Gasteiger partial charge >= 0.3 is 0 Å². The number of pyridine rings is 1. The topological polar surface area (TPSA) is 65.1 Å². The molecule has 4 heteroatoms. The molecule has 0 bridgehead atoms. The molecule has 0 aliphatic heterocycles. The van der Waals surface area contributed by atoms with Gasteiger partial charge in [-0.15, -0.1) is 0 Å². The Morgan fingerprint density at radius 1 is 1.47 bits per heavy atom. The van der Waals surface area contributed by atoms with Crippen LogP contribution in [0.25, 0.3) is 0 Å². The van der Waals surface area contributed by atoms with E-state index in [4.69, 9.17) is 5.73 Å². The van der Waals surface area contributed by atoms with Gasteiger partial charge in [-0.3, -0.25) is 9.59 Å². The standard InChI is InChI=1S/C11H16N2O2/c1-8(2)7-9(11(12)15)13-6-4-3-5-10(13)14/h3-6,8-9H,7H2,1-2H3,(H2,12,15). The molecule has 1 aromatic rings. The zero-order valence-electron chi connectivity index (χ0n) is 9.01. The van der Waals surface area contributed by atoms with Gasteiger partial charge in [-0.1, -0.05) is 19.9 Å². The summed E-state index contributed by atoms with van der Waals surface area (Å²) < 4.78 is 1.39. The first-order valence-corrected chi connectivity index (χ1v) is 4.99. The Morgan fingerprint density at radius 3 is 2.60 bits per heavy atom. The summed E-state index contributed by atoms with van der Waals surface area (Å²) in [5.41, 5.74) is 5.09. The smallest absolute Gasteiger partial charge is 0.251 e. The molecular formula is C11H16N2O2. The van der Waals surface area contributed by atoms with Gasteiger partial charge in [0.1, 0.15) is 6.04 Å². The Bertz CT molecular complexity index is 396. The molecule has 0 saturated heterocycles. The monoisotopic (exact) mass is 208 g/mol. The molecule has 82 valence electrons. The van der Waals surface area contributed by atoms with Crippen molar-refractivity contribution in [2.45, 2.75) is 26.3 Å². The summed E-state index contributed by atoms with van der Waals surface area (Å²) in [7, 11) is 0. The minimum Gasteiger partial charge on any atom is -0.368 e. The maximum absolute atomic E-state index is 11.5. The second-order valence-electron chi connectivity index (χ2n) is 3.99. The van der Waals surface area contributed by atoms with Crippen molar-refractivity contribution in [2.24, 2.45) is 11.7 Å². The summed E-state index contributed by atoms with van der Waals surface area (Å²) >= 11 is 0. The van der Waals surface area contributed by atoms with Crippen molar-refractivity contribution in [3.63, 3.8) is 0 Å². The van der Waals surface area contributed by atoms with Crippen LogP contribution in [0.1, 0.15) is 26.3 Å². The van der Waals surface area contributed by atoms with Crippen molar-refractivity contribution in [2.75, 3.05) is 0 Å². The van der Waals surface area contributed by atoms with Crippen molar-refractivity contribution in [1.29, 1.82) is 0 Å². The lowest BCUT2D eigenvalue weighted by molar-refractivity contribution is -0.121. The van der Waals surface area contributed by atoms with E-state index in [2.05, 4.69) is 0 Å². The molecule has 0 spiro atoms. The Morgan fingerprint density at radius 2 is 2.13 bits per heavy atom. The van der Waals surface area contributed by atoms with Crippen molar-refractivity contribution in [1.82, 2.24) is 4.57 Å². The number of hydrogen-bond donors (Lipinski definition) is 1. The predicted molar refractivity (Wildman–Crippen MR) is 58.4 cm³/mol. The summed E-state index contributed by atoms with van der Waals surface area (Å²) in [5.74, 6) is -0.147.